The van der Waals surface area contributed by atoms with E-state index in [1.54, 1.807) is 17.9 Å². The zero-order valence-electron chi connectivity index (χ0n) is 9.47. The van der Waals surface area contributed by atoms with Crippen LogP contribution in [0.1, 0.15) is 29.9 Å². The molecule has 0 aliphatic heterocycles. The highest BCUT2D eigenvalue weighted by atomic mass is 35.5. The summed E-state index contributed by atoms with van der Waals surface area (Å²) in [5.41, 5.74) is 0.914. The molecule has 0 aliphatic rings. The Morgan fingerprint density at radius 1 is 1.67 bits per heavy atom. The van der Waals surface area contributed by atoms with Crippen molar-refractivity contribution in [1.29, 1.82) is 0 Å². The summed E-state index contributed by atoms with van der Waals surface area (Å²) in [6, 6.07) is 0. The van der Waals surface area contributed by atoms with Crippen LogP contribution in [0, 0.1) is 6.92 Å². The van der Waals surface area contributed by atoms with Gasteiger partial charge in [0.2, 0.25) is 0 Å². The zero-order valence-corrected chi connectivity index (χ0v) is 10.2. The average molecular weight is 230 g/mol. The Bertz CT molecular complexity index is 371. The lowest BCUT2D eigenvalue weighted by Gasteiger charge is -2.22. The van der Waals surface area contributed by atoms with Crippen LogP contribution in [0.2, 0.25) is 0 Å². The highest BCUT2D eigenvalue weighted by Crippen LogP contribution is 2.09. The van der Waals surface area contributed by atoms with Gasteiger partial charge in [-0.2, -0.15) is 5.10 Å². The van der Waals surface area contributed by atoms with Crippen molar-refractivity contribution in [3.05, 3.63) is 17.5 Å². The lowest BCUT2D eigenvalue weighted by Crippen LogP contribution is -2.45. The third-order valence-corrected chi connectivity index (χ3v) is 2.71. The molecule has 4 nitrogen and oxygen atoms in total. The quantitative estimate of drug-likeness (QED) is 0.799. The van der Waals surface area contributed by atoms with Crippen LogP contribution in [0.15, 0.2) is 6.20 Å². The first-order valence-corrected chi connectivity index (χ1v) is 5.28. The van der Waals surface area contributed by atoms with Crippen molar-refractivity contribution in [2.75, 3.05) is 5.88 Å². The van der Waals surface area contributed by atoms with Crippen LogP contribution < -0.4 is 5.32 Å². The van der Waals surface area contributed by atoms with Gasteiger partial charge in [-0.3, -0.25) is 9.48 Å². The van der Waals surface area contributed by atoms with E-state index in [1.165, 1.54) is 0 Å². The molecule has 0 spiro atoms. The van der Waals surface area contributed by atoms with Gasteiger partial charge in [0.25, 0.3) is 5.91 Å². The molecule has 0 aliphatic carbocycles. The van der Waals surface area contributed by atoms with Gasteiger partial charge in [0.05, 0.1) is 11.3 Å². The Morgan fingerprint density at radius 3 is 2.67 bits per heavy atom. The summed E-state index contributed by atoms with van der Waals surface area (Å²) in [5, 5.41) is 6.96. The molecule has 1 heterocycles. The number of nitrogens with one attached hydrogen (secondary N) is 1. The Labute approximate surface area is 94.6 Å². The first kappa shape index (κ1) is 12.0. The van der Waals surface area contributed by atoms with Crippen LogP contribution in [0.5, 0.6) is 0 Å². The molecule has 5 heteroatoms. The summed E-state index contributed by atoms with van der Waals surface area (Å²) in [7, 11) is 1.79. The maximum absolute atomic E-state index is 11.8. The summed E-state index contributed by atoms with van der Waals surface area (Å²) < 4.78 is 1.62. The van der Waals surface area contributed by atoms with E-state index in [-0.39, 0.29) is 5.91 Å². The lowest BCUT2D eigenvalue weighted by molar-refractivity contribution is 0.0920. The molecule has 0 saturated heterocycles. The normalized spacial score (nSPS) is 11.5. The fraction of sp³-hybridized carbons (Fsp3) is 0.600. The average Bonchev–Trinajstić information content (AvgIpc) is 2.45. The predicted molar refractivity (Wildman–Crippen MR) is 60.2 cm³/mol. The highest BCUT2D eigenvalue weighted by Gasteiger charge is 2.21. The number of aryl methyl sites for hydroxylation is 2. The predicted octanol–water partition coefficient (Wildman–Crippen LogP) is 1.48. The maximum Gasteiger partial charge on any atom is 0.255 e. The SMILES string of the molecule is Cc1nn(C)cc1C(=O)NC(C)(C)CCl. The van der Waals surface area contributed by atoms with Gasteiger partial charge in [0, 0.05) is 24.7 Å². The summed E-state index contributed by atoms with van der Waals surface area (Å²) >= 11 is 5.73. The Kier molecular flexibility index (Phi) is 3.39. The van der Waals surface area contributed by atoms with E-state index in [2.05, 4.69) is 10.4 Å². The van der Waals surface area contributed by atoms with E-state index in [0.717, 1.165) is 5.69 Å². The first-order chi connectivity index (χ1) is 6.85. The molecule has 0 aromatic carbocycles. The van der Waals surface area contributed by atoms with Crippen molar-refractivity contribution >= 4 is 17.5 Å². The van der Waals surface area contributed by atoms with Crippen LogP contribution >= 0.6 is 11.6 Å². The molecule has 0 unspecified atom stereocenters. The molecule has 0 saturated carbocycles. The van der Waals surface area contributed by atoms with Gasteiger partial charge in [-0.05, 0) is 20.8 Å². The topological polar surface area (TPSA) is 46.9 Å². The summed E-state index contributed by atoms with van der Waals surface area (Å²) in [5.74, 6) is 0.240. The largest absolute Gasteiger partial charge is 0.346 e. The second-order valence-electron chi connectivity index (χ2n) is 4.27. The summed E-state index contributed by atoms with van der Waals surface area (Å²) in [6.45, 7) is 5.57. The zero-order chi connectivity index (χ0) is 11.6. The molecule has 84 valence electrons. The van der Waals surface area contributed by atoms with Crippen molar-refractivity contribution in [3.63, 3.8) is 0 Å². The van der Waals surface area contributed by atoms with Gasteiger partial charge >= 0.3 is 0 Å². The standard InChI is InChI=1S/C10H16ClN3O/c1-7-8(5-14(4)13-7)9(15)12-10(2,3)6-11/h5H,6H2,1-4H3,(H,12,15). The van der Waals surface area contributed by atoms with Gasteiger partial charge in [0.1, 0.15) is 0 Å². The fourth-order valence-corrected chi connectivity index (χ4v) is 1.30. The van der Waals surface area contributed by atoms with E-state index in [9.17, 15) is 4.79 Å². The van der Waals surface area contributed by atoms with Crippen molar-refractivity contribution in [1.82, 2.24) is 15.1 Å². The molecule has 0 fully saturated rings. The molecule has 0 bridgehead atoms. The van der Waals surface area contributed by atoms with Gasteiger partial charge in [0.15, 0.2) is 0 Å². The van der Waals surface area contributed by atoms with Crippen LogP contribution in [-0.2, 0) is 7.05 Å². The maximum atomic E-state index is 11.8. The number of carbonyl (C=O) groups excluding carboxylic acids is 1. The van der Waals surface area contributed by atoms with E-state index in [0.29, 0.717) is 11.4 Å². The molecular formula is C10H16ClN3O. The fourth-order valence-electron chi connectivity index (χ4n) is 1.23. The van der Waals surface area contributed by atoms with Crippen LogP contribution in [0.25, 0.3) is 0 Å². The van der Waals surface area contributed by atoms with Crippen molar-refractivity contribution in [2.24, 2.45) is 7.05 Å². The molecule has 1 aromatic rings. The molecule has 0 atom stereocenters. The third kappa shape index (κ3) is 2.96. The molecular weight excluding hydrogens is 214 g/mol. The number of rotatable bonds is 3. The van der Waals surface area contributed by atoms with Crippen LogP contribution in [0.3, 0.4) is 0 Å². The van der Waals surface area contributed by atoms with Crippen molar-refractivity contribution < 1.29 is 4.79 Å². The second-order valence-corrected chi connectivity index (χ2v) is 4.54. The van der Waals surface area contributed by atoms with E-state index in [4.69, 9.17) is 11.6 Å². The first-order valence-electron chi connectivity index (χ1n) is 4.74. The third-order valence-electron chi connectivity index (χ3n) is 2.04. The number of carbonyl (C=O) groups is 1. The number of halogens is 1. The van der Waals surface area contributed by atoms with E-state index < -0.39 is 5.54 Å². The van der Waals surface area contributed by atoms with Crippen LogP contribution in [-0.4, -0.2) is 27.1 Å². The number of alkyl halides is 1. The smallest absolute Gasteiger partial charge is 0.255 e. The van der Waals surface area contributed by atoms with Gasteiger partial charge in [-0.25, -0.2) is 0 Å². The summed E-state index contributed by atoms with van der Waals surface area (Å²) in [6.07, 6.45) is 1.70. The molecule has 1 N–H and O–H groups in total. The van der Waals surface area contributed by atoms with Crippen molar-refractivity contribution in [3.8, 4) is 0 Å². The molecule has 1 amide bonds. The number of aromatic nitrogens is 2. The van der Waals surface area contributed by atoms with E-state index in [1.807, 2.05) is 20.8 Å². The number of hydrogen-bond acceptors (Lipinski definition) is 2. The van der Waals surface area contributed by atoms with Crippen LogP contribution in [0.4, 0.5) is 0 Å². The van der Waals surface area contributed by atoms with Gasteiger partial charge in [-0.15, -0.1) is 11.6 Å². The second kappa shape index (κ2) is 4.23. The Hall–Kier alpha value is -1.03. The summed E-state index contributed by atoms with van der Waals surface area (Å²) in [4.78, 5) is 11.8. The Balaban J connectivity index is 2.82. The number of nitrogens with zero attached hydrogens (tertiary/aromatic N) is 2. The molecule has 1 aromatic heterocycles. The van der Waals surface area contributed by atoms with Crippen molar-refractivity contribution in [2.45, 2.75) is 26.3 Å². The van der Waals surface area contributed by atoms with Gasteiger partial charge in [-0.1, -0.05) is 0 Å². The lowest BCUT2D eigenvalue weighted by atomic mass is 10.1. The highest BCUT2D eigenvalue weighted by molar-refractivity contribution is 6.18. The molecule has 0 radical (unpaired) electrons. The van der Waals surface area contributed by atoms with Gasteiger partial charge < -0.3 is 5.32 Å². The minimum Gasteiger partial charge on any atom is -0.346 e. The number of amides is 1. The number of hydrogen-bond donors (Lipinski definition) is 1. The molecule has 1 rings (SSSR count). The monoisotopic (exact) mass is 229 g/mol. The molecule has 15 heavy (non-hydrogen) atoms. The van der Waals surface area contributed by atoms with E-state index >= 15 is 0 Å². The minimum absolute atomic E-state index is 0.133. The Morgan fingerprint density at radius 2 is 2.27 bits per heavy atom. The minimum atomic E-state index is -0.402.